The van der Waals surface area contributed by atoms with Crippen molar-refractivity contribution in [2.75, 3.05) is 24.7 Å². The lowest BCUT2D eigenvalue weighted by atomic mass is 10.1. The highest BCUT2D eigenvalue weighted by Crippen LogP contribution is 2.29. The Morgan fingerprint density at radius 2 is 1.79 bits per heavy atom. The highest BCUT2D eigenvalue weighted by Gasteiger charge is 2.27. The molecule has 3 N–H and O–H groups in total. The number of nitrogens with zero attached hydrogens (tertiary/aromatic N) is 3. The van der Waals surface area contributed by atoms with E-state index in [9.17, 15) is 10.1 Å². The maximum Gasteiger partial charge on any atom is 0.269 e. The molecule has 146 valence electrons. The fourth-order valence-electron chi connectivity index (χ4n) is 3.56. The number of rotatable bonds is 5. The molecule has 1 saturated heterocycles. The van der Waals surface area contributed by atoms with E-state index in [4.69, 9.17) is 10.5 Å². The van der Waals surface area contributed by atoms with Gasteiger partial charge in [0.25, 0.3) is 5.69 Å². The topological polar surface area (TPSA) is 96.9 Å². The lowest BCUT2D eigenvalue weighted by Crippen LogP contribution is -2.44. The highest BCUT2D eigenvalue weighted by molar-refractivity contribution is 5.55. The fraction of sp³-hybridized carbons (Fsp3) is 0.300. The molecule has 1 atom stereocenters. The van der Waals surface area contributed by atoms with E-state index < -0.39 is 4.92 Å². The summed E-state index contributed by atoms with van der Waals surface area (Å²) < 4.78 is 5.77. The SMILES string of the molecule is NC1=CN([C@@H]2CCCNC2)CN1c1ccc(Oc2ccc([N+](=O)[O-])cc2)cc1. The molecule has 28 heavy (non-hydrogen) atoms. The summed E-state index contributed by atoms with van der Waals surface area (Å²) in [5, 5.41) is 14.2. The number of piperidine rings is 1. The van der Waals surface area contributed by atoms with Gasteiger partial charge in [-0.1, -0.05) is 0 Å². The molecule has 4 rings (SSSR count). The zero-order chi connectivity index (χ0) is 19.5. The zero-order valence-electron chi connectivity index (χ0n) is 15.5. The number of benzene rings is 2. The normalized spacial score (nSPS) is 19.4. The molecule has 8 nitrogen and oxygen atoms in total. The van der Waals surface area contributed by atoms with Crippen LogP contribution in [0.25, 0.3) is 0 Å². The number of nitro groups is 1. The van der Waals surface area contributed by atoms with E-state index in [2.05, 4.69) is 15.1 Å². The van der Waals surface area contributed by atoms with Crippen LogP contribution in [0.1, 0.15) is 12.8 Å². The predicted molar refractivity (Wildman–Crippen MR) is 107 cm³/mol. The number of nitrogens with one attached hydrogen (secondary N) is 1. The fourth-order valence-corrected chi connectivity index (χ4v) is 3.56. The van der Waals surface area contributed by atoms with Gasteiger partial charge in [0.2, 0.25) is 0 Å². The molecule has 0 saturated carbocycles. The van der Waals surface area contributed by atoms with E-state index >= 15 is 0 Å². The molecule has 2 heterocycles. The van der Waals surface area contributed by atoms with Crippen LogP contribution >= 0.6 is 0 Å². The molecule has 0 aliphatic carbocycles. The summed E-state index contributed by atoms with van der Waals surface area (Å²) in [7, 11) is 0. The Balaban J connectivity index is 1.40. The number of hydrogen-bond donors (Lipinski definition) is 2. The van der Waals surface area contributed by atoms with Crippen molar-refractivity contribution in [3.05, 3.63) is 70.7 Å². The Morgan fingerprint density at radius 3 is 2.39 bits per heavy atom. The van der Waals surface area contributed by atoms with Gasteiger partial charge in [0, 0.05) is 36.6 Å². The number of hydrogen-bond acceptors (Lipinski definition) is 7. The van der Waals surface area contributed by atoms with Crippen LogP contribution in [0.15, 0.2) is 60.6 Å². The molecule has 0 unspecified atom stereocenters. The lowest BCUT2D eigenvalue weighted by Gasteiger charge is -2.32. The van der Waals surface area contributed by atoms with Crippen LogP contribution in [-0.4, -0.2) is 35.6 Å². The summed E-state index contributed by atoms with van der Waals surface area (Å²) in [6, 6.07) is 14.2. The van der Waals surface area contributed by atoms with Crippen LogP contribution in [0.2, 0.25) is 0 Å². The largest absolute Gasteiger partial charge is 0.457 e. The first kappa shape index (κ1) is 18.1. The molecule has 0 spiro atoms. The second-order valence-electron chi connectivity index (χ2n) is 6.98. The van der Waals surface area contributed by atoms with Crippen molar-refractivity contribution in [2.24, 2.45) is 5.73 Å². The van der Waals surface area contributed by atoms with Gasteiger partial charge in [-0.05, 0) is 55.8 Å². The summed E-state index contributed by atoms with van der Waals surface area (Å²) in [6.45, 7) is 2.81. The molecule has 8 heteroatoms. The van der Waals surface area contributed by atoms with Crippen LogP contribution in [0.4, 0.5) is 11.4 Å². The molecule has 2 aliphatic rings. The maximum absolute atomic E-state index is 10.7. The van der Waals surface area contributed by atoms with E-state index in [-0.39, 0.29) is 5.69 Å². The zero-order valence-corrected chi connectivity index (χ0v) is 15.5. The van der Waals surface area contributed by atoms with Crippen molar-refractivity contribution in [3.8, 4) is 11.5 Å². The second-order valence-corrected chi connectivity index (χ2v) is 6.98. The minimum absolute atomic E-state index is 0.0386. The van der Waals surface area contributed by atoms with Gasteiger partial charge < -0.3 is 25.6 Å². The van der Waals surface area contributed by atoms with E-state index in [0.717, 1.165) is 31.3 Å². The quantitative estimate of drug-likeness (QED) is 0.607. The third kappa shape index (κ3) is 3.86. The van der Waals surface area contributed by atoms with Crippen LogP contribution in [0, 0.1) is 10.1 Å². The van der Waals surface area contributed by atoms with Crippen molar-refractivity contribution in [1.29, 1.82) is 0 Å². The van der Waals surface area contributed by atoms with E-state index in [1.165, 1.54) is 25.0 Å². The van der Waals surface area contributed by atoms with Gasteiger partial charge in [0.05, 0.1) is 11.6 Å². The molecule has 0 amide bonds. The number of nitro benzene ring substituents is 1. The Labute approximate surface area is 163 Å². The molecule has 0 bridgehead atoms. The van der Waals surface area contributed by atoms with Gasteiger partial charge in [-0.3, -0.25) is 10.1 Å². The Morgan fingerprint density at radius 1 is 1.11 bits per heavy atom. The molecular formula is C20H23N5O3. The van der Waals surface area contributed by atoms with Gasteiger partial charge in [0.15, 0.2) is 0 Å². The summed E-state index contributed by atoms with van der Waals surface area (Å²) in [4.78, 5) is 14.7. The molecule has 2 aliphatic heterocycles. The van der Waals surface area contributed by atoms with Crippen molar-refractivity contribution in [2.45, 2.75) is 18.9 Å². The van der Waals surface area contributed by atoms with Crippen LogP contribution < -0.4 is 20.7 Å². The van der Waals surface area contributed by atoms with Crippen LogP contribution in [-0.2, 0) is 0 Å². The lowest BCUT2D eigenvalue weighted by molar-refractivity contribution is -0.384. The number of nitrogens with two attached hydrogens (primary N) is 1. The van der Waals surface area contributed by atoms with E-state index in [1.54, 1.807) is 12.1 Å². The smallest absolute Gasteiger partial charge is 0.269 e. The van der Waals surface area contributed by atoms with Gasteiger partial charge in [-0.15, -0.1) is 0 Å². The predicted octanol–water partition coefficient (Wildman–Crippen LogP) is 2.98. The number of anilines is 1. The average molecular weight is 381 g/mol. The monoisotopic (exact) mass is 381 g/mol. The molecule has 1 fully saturated rings. The summed E-state index contributed by atoms with van der Waals surface area (Å²) in [5.74, 6) is 1.94. The van der Waals surface area contributed by atoms with Crippen molar-refractivity contribution in [3.63, 3.8) is 0 Å². The standard InChI is InChI=1S/C20H23N5O3/c21-20-13-23(17-2-1-11-22-12-17)14-24(20)15-3-7-18(8-4-15)28-19-9-5-16(6-10-19)25(26)27/h3-10,13,17,22H,1-2,11-12,14,21H2/t17-/m1/s1. The summed E-state index contributed by atoms with van der Waals surface area (Å²) in [5.41, 5.74) is 7.28. The summed E-state index contributed by atoms with van der Waals surface area (Å²) >= 11 is 0. The van der Waals surface area contributed by atoms with Crippen molar-refractivity contribution < 1.29 is 9.66 Å². The van der Waals surface area contributed by atoms with E-state index in [1.807, 2.05) is 30.5 Å². The number of non-ortho nitro benzene ring substituents is 1. The second kappa shape index (κ2) is 7.77. The Kier molecular flexibility index (Phi) is 5.03. The first-order valence-electron chi connectivity index (χ1n) is 9.34. The number of ether oxygens (including phenoxy) is 1. The highest BCUT2D eigenvalue weighted by atomic mass is 16.6. The van der Waals surface area contributed by atoms with Crippen LogP contribution in [0.3, 0.4) is 0 Å². The van der Waals surface area contributed by atoms with Gasteiger partial charge in [-0.2, -0.15) is 0 Å². The van der Waals surface area contributed by atoms with Crippen LogP contribution in [0.5, 0.6) is 11.5 Å². The first-order chi connectivity index (χ1) is 13.6. The van der Waals surface area contributed by atoms with E-state index in [0.29, 0.717) is 17.5 Å². The van der Waals surface area contributed by atoms with Crippen molar-refractivity contribution in [1.82, 2.24) is 10.2 Å². The molecule has 2 aromatic carbocycles. The molecule has 0 radical (unpaired) electrons. The third-order valence-corrected chi connectivity index (χ3v) is 5.09. The minimum atomic E-state index is -0.431. The first-order valence-corrected chi connectivity index (χ1v) is 9.34. The average Bonchev–Trinajstić information content (AvgIpc) is 3.11. The molecule has 2 aromatic rings. The summed E-state index contributed by atoms with van der Waals surface area (Å²) in [6.07, 6.45) is 4.38. The minimum Gasteiger partial charge on any atom is -0.457 e. The Hall–Kier alpha value is -3.26. The maximum atomic E-state index is 10.7. The van der Waals surface area contributed by atoms with Gasteiger partial charge in [-0.25, -0.2) is 0 Å². The van der Waals surface area contributed by atoms with Crippen molar-refractivity contribution >= 4 is 11.4 Å². The third-order valence-electron chi connectivity index (χ3n) is 5.09. The van der Waals surface area contributed by atoms with Gasteiger partial charge >= 0.3 is 0 Å². The molecule has 0 aromatic heterocycles. The molecular weight excluding hydrogens is 358 g/mol. The van der Waals surface area contributed by atoms with Gasteiger partial charge in [0.1, 0.15) is 17.3 Å². The Bertz CT molecular complexity index is 860.